The van der Waals surface area contributed by atoms with E-state index in [0.717, 1.165) is 17.7 Å². The van der Waals surface area contributed by atoms with Gasteiger partial charge in [-0.15, -0.1) is 24.0 Å². The highest BCUT2D eigenvalue weighted by Gasteiger charge is 2.22. The summed E-state index contributed by atoms with van der Waals surface area (Å²) in [6.45, 7) is 1.08. The Kier molecular flexibility index (Phi) is 8.08. The van der Waals surface area contributed by atoms with Crippen molar-refractivity contribution in [2.75, 3.05) is 20.6 Å². The van der Waals surface area contributed by atoms with Crippen molar-refractivity contribution in [2.24, 2.45) is 4.99 Å². The number of aliphatic imine (C=N–C) groups is 1. The fourth-order valence-corrected chi connectivity index (χ4v) is 3.73. The summed E-state index contributed by atoms with van der Waals surface area (Å²) in [5, 5.41) is 6.45. The molecule has 1 aliphatic heterocycles. The van der Waals surface area contributed by atoms with Gasteiger partial charge in [-0.1, -0.05) is 30.3 Å². The Morgan fingerprint density at radius 3 is 2.68 bits per heavy atom. The fraction of sp³-hybridized carbons (Fsp3) is 0.316. The molecule has 1 heterocycles. The number of nitrogens with one attached hydrogen (secondary N) is 3. The lowest BCUT2D eigenvalue weighted by Crippen LogP contribution is -2.41. The smallest absolute Gasteiger partial charge is 0.240 e. The monoisotopic (exact) mass is 516 g/mol. The van der Waals surface area contributed by atoms with Gasteiger partial charge in [-0.25, -0.2) is 13.1 Å². The van der Waals surface area contributed by atoms with Crippen molar-refractivity contribution in [2.45, 2.75) is 24.0 Å². The topological polar surface area (TPSA) is 91.8 Å². The Labute approximate surface area is 183 Å². The second-order valence-electron chi connectivity index (χ2n) is 6.21. The van der Waals surface area contributed by atoms with Crippen LogP contribution in [0, 0.1) is 0 Å². The van der Waals surface area contributed by atoms with Gasteiger partial charge in [0.05, 0.1) is 11.4 Å². The average Bonchev–Trinajstić information content (AvgIpc) is 3.11. The normalized spacial score (nSPS) is 15.9. The number of hydrogen-bond acceptors (Lipinski definition) is 4. The van der Waals surface area contributed by atoms with E-state index in [1.807, 2.05) is 24.3 Å². The molecule has 0 spiro atoms. The number of halogens is 1. The quantitative estimate of drug-likeness (QED) is 0.310. The van der Waals surface area contributed by atoms with Crippen LogP contribution in [0.1, 0.15) is 11.1 Å². The number of para-hydroxylation sites is 1. The lowest BCUT2D eigenvalue weighted by Gasteiger charge is -2.16. The predicted octanol–water partition coefficient (Wildman–Crippen LogP) is 1.88. The lowest BCUT2D eigenvalue weighted by atomic mass is 10.1. The van der Waals surface area contributed by atoms with Gasteiger partial charge in [-0.2, -0.15) is 0 Å². The Morgan fingerprint density at radius 1 is 1.18 bits per heavy atom. The minimum atomic E-state index is -3.45. The van der Waals surface area contributed by atoms with Gasteiger partial charge < -0.3 is 15.4 Å². The third-order valence-corrected chi connectivity index (χ3v) is 5.78. The van der Waals surface area contributed by atoms with Crippen LogP contribution in [-0.4, -0.2) is 41.1 Å². The Hall–Kier alpha value is -1.85. The van der Waals surface area contributed by atoms with Crippen molar-refractivity contribution < 1.29 is 13.2 Å². The highest BCUT2D eigenvalue weighted by Crippen LogP contribution is 2.27. The molecule has 28 heavy (non-hydrogen) atoms. The van der Waals surface area contributed by atoms with Crippen molar-refractivity contribution >= 4 is 40.0 Å². The van der Waals surface area contributed by atoms with Crippen molar-refractivity contribution in [1.82, 2.24) is 15.4 Å². The van der Waals surface area contributed by atoms with Crippen LogP contribution < -0.4 is 20.1 Å². The van der Waals surface area contributed by atoms with Gasteiger partial charge in [0.2, 0.25) is 10.0 Å². The molecule has 0 fully saturated rings. The lowest BCUT2D eigenvalue weighted by molar-refractivity contribution is 0.235. The van der Waals surface area contributed by atoms with Gasteiger partial charge in [0.1, 0.15) is 11.9 Å². The molecular formula is C19H25IN4O3S. The van der Waals surface area contributed by atoms with Crippen molar-refractivity contribution in [1.29, 1.82) is 0 Å². The highest BCUT2D eigenvalue weighted by atomic mass is 127. The summed E-state index contributed by atoms with van der Waals surface area (Å²) < 4.78 is 32.1. The van der Waals surface area contributed by atoms with Crippen LogP contribution in [-0.2, 0) is 23.0 Å². The number of rotatable bonds is 6. The first-order valence-electron chi connectivity index (χ1n) is 8.73. The molecule has 3 N–H and O–H groups in total. The number of nitrogens with zero attached hydrogens (tertiary/aromatic N) is 1. The molecule has 3 rings (SSSR count). The minimum absolute atomic E-state index is 0. The molecule has 1 unspecified atom stereocenters. The molecular weight excluding hydrogens is 491 g/mol. The summed E-state index contributed by atoms with van der Waals surface area (Å²) in [7, 11) is -0.358. The molecule has 2 aromatic rings. The number of hydrogen-bond donors (Lipinski definition) is 3. The van der Waals surface area contributed by atoms with Gasteiger partial charge >= 0.3 is 0 Å². The SMILES string of the molecule is CN=C(NCc1cccc(S(=O)(=O)NC)c1)NCC1Cc2ccccc2O1.I. The van der Waals surface area contributed by atoms with Crippen LogP contribution >= 0.6 is 24.0 Å². The van der Waals surface area contributed by atoms with Crippen molar-refractivity contribution in [3.63, 3.8) is 0 Å². The summed E-state index contributed by atoms with van der Waals surface area (Å²) in [4.78, 5) is 4.45. The second-order valence-corrected chi connectivity index (χ2v) is 8.10. The number of benzene rings is 2. The predicted molar refractivity (Wildman–Crippen MR) is 121 cm³/mol. The largest absolute Gasteiger partial charge is 0.488 e. The van der Waals surface area contributed by atoms with Gasteiger partial charge in [0.15, 0.2) is 5.96 Å². The molecule has 9 heteroatoms. The zero-order chi connectivity index (χ0) is 19.3. The van der Waals surface area contributed by atoms with E-state index in [-0.39, 0.29) is 35.0 Å². The first kappa shape index (κ1) is 22.4. The zero-order valence-electron chi connectivity index (χ0n) is 15.8. The van der Waals surface area contributed by atoms with E-state index < -0.39 is 10.0 Å². The molecule has 1 atom stereocenters. The molecule has 0 aromatic heterocycles. The molecule has 1 aliphatic rings. The number of sulfonamides is 1. The van der Waals surface area contributed by atoms with Gasteiger partial charge in [-0.3, -0.25) is 4.99 Å². The van der Waals surface area contributed by atoms with E-state index >= 15 is 0 Å². The van der Waals surface area contributed by atoms with E-state index in [1.54, 1.807) is 25.2 Å². The Bertz CT molecular complexity index is 909. The first-order valence-corrected chi connectivity index (χ1v) is 10.2. The molecule has 0 amide bonds. The van der Waals surface area contributed by atoms with E-state index in [9.17, 15) is 8.42 Å². The maximum atomic E-state index is 11.9. The van der Waals surface area contributed by atoms with Crippen molar-refractivity contribution in [3.05, 3.63) is 59.7 Å². The summed E-state index contributed by atoms with van der Waals surface area (Å²) in [5.74, 6) is 1.58. The van der Waals surface area contributed by atoms with Crippen LogP contribution in [0.4, 0.5) is 0 Å². The summed E-state index contributed by atoms with van der Waals surface area (Å²) >= 11 is 0. The van der Waals surface area contributed by atoms with E-state index in [1.165, 1.54) is 12.6 Å². The fourth-order valence-electron chi connectivity index (χ4n) is 2.93. The number of fused-ring (bicyclic) bond motifs is 1. The van der Waals surface area contributed by atoms with Gasteiger partial charge in [-0.05, 0) is 36.4 Å². The summed E-state index contributed by atoms with van der Waals surface area (Å²) in [5.41, 5.74) is 2.06. The minimum Gasteiger partial charge on any atom is -0.488 e. The maximum Gasteiger partial charge on any atom is 0.240 e. The molecule has 0 saturated carbocycles. The van der Waals surface area contributed by atoms with Gasteiger partial charge in [0, 0.05) is 20.0 Å². The standard InChI is InChI=1S/C19H24N4O3S.HI/c1-20-19(23-13-16-11-15-7-3-4-9-18(15)26-16)22-12-14-6-5-8-17(10-14)27(24,25)21-2;/h3-10,16,21H,11-13H2,1-2H3,(H2,20,22,23);1H. The number of ether oxygens (including phenoxy) is 1. The molecule has 0 saturated heterocycles. The van der Waals surface area contributed by atoms with Crippen LogP contribution in [0.5, 0.6) is 5.75 Å². The molecule has 152 valence electrons. The van der Waals surface area contributed by atoms with Crippen LogP contribution in [0.2, 0.25) is 0 Å². The Balaban J connectivity index is 0.00000280. The van der Waals surface area contributed by atoms with Crippen LogP contribution in [0.25, 0.3) is 0 Å². The summed E-state index contributed by atoms with van der Waals surface area (Å²) in [6.07, 6.45) is 0.925. The van der Waals surface area contributed by atoms with Gasteiger partial charge in [0.25, 0.3) is 0 Å². The van der Waals surface area contributed by atoms with E-state index in [4.69, 9.17) is 4.74 Å². The second kappa shape index (κ2) is 10.1. The molecule has 7 nitrogen and oxygen atoms in total. The average molecular weight is 516 g/mol. The zero-order valence-corrected chi connectivity index (χ0v) is 19.0. The third kappa shape index (κ3) is 5.58. The van der Waals surface area contributed by atoms with Crippen LogP contribution in [0.15, 0.2) is 58.4 Å². The molecule has 0 bridgehead atoms. The summed E-state index contributed by atoms with van der Waals surface area (Å²) in [6, 6.07) is 14.8. The third-order valence-electron chi connectivity index (χ3n) is 4.37. The highest BCUT2D eigenvalue weighted by molar-refractivity contribution is 14.0. The molecule has 2 aromatic carbocycles. The molecule has 0 radical (unpaired) electrons. The van der Waals surface area contributed by atoms with E-state index in [0.29, 0.717) is 19.0 Å². The molecule has 0 aliphatic carbocycles. The first-order chi connectivity index (χ1) is 13.0. The maximum absolute atomic E-state index is 11.9. The Morgan fingerprint density at radius 2 is 1.96 bits per heavy atom. The van der Waals surface area contributed by atoms with Crippen LogP contribution in [0.3, 0.4) is 0 Å². The van der Waals surface area contributed by atoms with Crippen molar-refractivity contribution in [3.8, 4) is 5.75 Å². The number of guanidine groups is 1. The van der Waals surface area contributed by atoms with E-state index in [2.05, 4.69) is 26.4 Å².